The Kier molecular flexibility index (Phi) is 28.4. The van der Waals surface area contributed by atoms with Crippen LogP contribution in [0.5, 0.6) is 0 Å². The zero-order chi connectivity index (χ0) is 85.8. The first-order chi connectivity index (χ1) is 56.6. The van der Waals surface area contributed by atoms with E-state index in [1.807, 2.05) is 13.8 Å². The quantitative estimate of drug-likeness (QED) is 0.0184. The van der Waals surface area contributed by atoms with E-state index >= 15 is 0 Å². The second-order valence-electron chi connectivity index (χ2n) is 31.1. The van der Waals surface area contributed by atoms with Crippen molar-refractivity contribution in [2.75, 3.05) is 80.3 Å². The first-order valence-corrected chi connectivity index (χ1v) is 42.9. The van der Waals surface area contributed by atoms with E-state index in [-0.39, 0.29) is 66.1 Å². The molecule has 12 heterocycles. The van der Waals surface area contributed by atoms with E-state index in [9.17, 15) is 55.2 Å². The summed E-state index contributed by atoms with van der Waals surface area (Å²) in [5.74, 6) is -1.54. The number of nitrogens with zero attached hydrogens (tertiary/aromatic N) is 8. The van der Waals surface area contributed by atoms with Gasteiger partial charge in [0.25, 0.3) is 0 Å². The number of rotatable bonds is 30. The van der Waals surface area contributed by atoms with Crippen molar-refractivity contribution in [1.29, 1.82) is 0 Å². The zero-order valence-corrected chi connectivity index (χ0v) is 72.2. The van der Waals surface area contributed by atoms with Crippen LogP contribution in [-0.2, 0) is 51.1 Å². The van der Waals surface area contributed by atoms with Crippen LogP contribution >= 0.6 is 7.81 Å². The number of nitrogens with one attached hydrogen (secondary N) is 2. The summed E-state index contributed by atoms with van der Waals surface area (Å²) in [5, 5.41) is 50.5. The predicted octanol–water partition coefficient (Wildman–Crippen LogP) is 16.2. The number of aliphatic hydroxyl groups excluding tert-OH is 2. The van der Waals surface area contributed by atoms with Crippen LogP contribution in [-0.4, -0.2) is 147 Å². The molecule has 2 aromatic heterocycles. The van der Waals surface area contributed by atoms with Crippen LogP contribution in [0.4, 0.5) is 25.2 Å². The minimum absolute atomic E-state index is 0. The van der Waals surface area contributed by atoms with Gasteiger partial charge in [0.15, 0.2) is 37.9 Å². The number of aromatic nitrogens is 2. The largest absolute Gasteiger partial charge is 1.00 e. The average molecular weight is 1710 g/mol. The smallest absolute Gasteiger partial charge is 0 e. The second-order valence-corrected chi connectivity index (χ2v) is 33.0. The van der Waals surface area contributed by atoms with Crippen LogP contribution in [0.1, 0.15) is 164 Å². The fourth-order valence-corrected chi connectivity index (χ4v) is 17.5. The molecule has 0 amide bonds. The van der Waals surface area contributed by atoms with Gasteiger partial charge < -0.3 is 71.9 Å². The molecule has 16 bridgehead atoms. The van der Waals surface area contributed by atoms with Crippen LogP contribution < -0.4 is 32.2 Å². The SMILES string of the molecule is CCC1=C(C)C2=NC1=CC1=C(C)C3=C(O)CC(=C4NC(=C(c5cc[n+](CCOCCOCCOC)cc5)C5=NC(=C2)C(CC)=C5C)[C@@H](C)[C@@H]4CCC(=O)O)C3=N1.CCC1=C(C)C2=NC1=CC1=C(C)C3=C(O)CC(=C4NC(=C(c5cc[n+](CCOCCOCCOC)cc5)C5=NC(=C2)C(CC)=C5C)[C@@H](C)[C@@H]4CCC(=O)O)C3=N1.F[P-](F)(F)(F)(F)F.[Cl-].[HH].[HH].[HH].[HH]. The maximum Gasteiger partial charge on any atom is 0 e. The fraction of sp³-hybridized carbons (Fsp3) is 0.444. The molecular formula is C90H116ClF6N10O12P. The second kappa shape index (κ2) is 37.4. The van der Waals surface area contributed by atoms with Crippen molar-refractivity contribution in [2.45, 2.75) is 160 Å². The van der Waals surface area contributed by atoms with E-state index in [0.717, 1.165) is 195 Å². The van der Waals surface area contributed by atoms with Crippen molar-refractivity contribution in [2.24, 2.45) is 53.6 Å². The minimum atomic E-state index is -10.7. The number of carboxylic acids is 2. The summed E-state index contributed by atoms with van der Waals surface area (Å²) in [6, 6.07) is 8.51. The number of aliphatic carboxylic acids is 2. The molecule has 2 saturated heterocycles. The van der Waals surface area contributed by atoms with Gasteiger partial charge in [-0.05, 0) is 171 Å². The molecule has 4 atom stereocenters. The van der Waals surface area contributed by atoms with Crippen LogP contribution in [0, 0.1) is 23.7 Å². The van der Waals surface area contributed by atoms with Gasteiger partial charge in [0.05, 0.1) is 121 Å². The summed E-state index contributed by atoms with van der Waals surface area (Å²) < 4.78 is 96.2. The molecule has 120 heavy (non-hydrogen) atoms. The molecule has 2 fully saturated rings. The number of ether oxygens (including phenoxy) is 6. The van der Waals surface area contributed by atoms with Crippen LogP contribution in [0.25, 0.3) is 11.1 Å². The van der Waals surface area contributed by atoms with Crippen LogP contribution in [0.15, 0.2) is 250 Å². The molecule has 0 aromatic carbocycles. The van der Waals surface area contributed by atoms with Gasteiger partial charge in [-0.15, -0.1) is 0 Å². The number of carbonyl (C=O) groups is 2. The van der Waals surface area contributed by atoms with Gasteiger partial charge in [-0.3, -0.25) is 9.59 Å². The summed E-state index contributed by atoms with van der Waals surface area (Å²) >= 11 is 0. The third-order valence-corrected chi connectivity index (χ3v) is 23.6. The Hall–Kier alpha value is -9.64. The van der Waals surface area contributed by atoms with Crippen molar-refractivity contribution in [3.63, 3.8) is 0 Å². The Morgan fingerprint density at radius 2 is 0.767 bits per heavy atom. The first kappa shape index (κ1) is 91.1. The topological polar surface area (TPSA) is 276 Å². The number of aliphatic imine (C=N–C) groups is 6. The number of allylic oxidation sites excluding steroid dienone is 24. The Balaban J connectivity index is 0.000000305. The number of hydrogen-bond donors (Lipinski definition) is 6. The Morgan fingerprint density at radius 1 is 0.450 bits per heavy atom. The maximum atomic E-state index is 12.0. The van der Waals surface area contributed by atoms with Gasteiger partial charge in [-0.2, -0.15) is 0 Å². The monoisotopic (exact) mass is 1710 g/mol. The standard InChI is InChI=1S/2C45H53N5O6.ClH.F6P.4H2/c2*1-8-30-25(3)34-23-37-31(9-2)26(4)42(48-37)41(29-12-14-50(15-13-29)16-17-55-20-21-56-19-18-54-7)43-27(5)32(10-11-39(52)53)44(49-43)33-22-38(51)40-28(6)35(47-45(33)40)24-36(30)46-34;;1-7(2,3,4,5)6;;;;/h2*12-15,23-24,27,32H,8-11,16-22H2,1-7H3,(H2,46,47,48,51,52,53);1H;;4*1H/q;;;-1;;;;/p+1/t2*27-,32-;;;;;;/m00....../s1. The zero-order valence-electron chi connectivity index (χ0n) is 70.5. The van der Waals surface area contributed by atoms with Gasteiger partial charge in [-0.1, -0.05) is 41.5 Å². The van der Waals surface area contributed by atoms with E-state index in [2.05, 4.69) is 162 Å². The van der Waals surface area contributed by atoms with E-state index in [0.29, 0.717) is 105 Å². The summed E-state index contributed by atoms with van der Waals surface area (Å²) in [7, 11) is -7.35. The normalized spacial score (nSPS) is 21.6. The van der Waals surface area contributed by atoms with E-state index in [1.54, 1.807) is 14.2 Å². The molecule has 22 nitrogen and oxygen atoms in total. The molecule has 30 heteroatoms. The summed E-state index contributed by atoms with van der Waals surface area (Å²) in [5.41, 5.74) is 32.4. The number of fused-ring (bicyclic) bond motifs is 10. The number of hydrogen-bond acceptors (Lipinski definition) is 18. The third kappa shape index (κ3) is 20.2. The fourth-order valence-electron chi connectivity index (χ4n) is 17.5. The number of halogens is 7. The predicted molar refractivity (Wildman–Crippen MR) is 458 cm³/mol. The molecule has 10 aliphatic heterocycles. The minimum Gasteiger partial charge on any atom is -1.00 e. The molecule has 0 unspecified atom stereocenters. The molecule has 2 aliphatic carbocycles. The average Bonchev–Trinajstić information content (AvgIpc) is 1.58. The van der Waals surface area contributed by atoms with Gasteiger partial charge >= 0.3 is 44.9 Å². The first-order valence-electron chi connectivity index (χ1n) is 40.8. The Bertz CT molecular complexity index is 4990. The van der Waals surface area contributed by atoms with Gasteiger partial charge in [-0.25, -0.2) is 39.1 Å². The number of aliphatic hydroxyl groups is 2. The summed E-state index contributed by atoms with van der Waals surface area (Å²) in [6.45, 7) is 32.4. The third-order valence-electron chi connectivity index (χ3n) is 23.6. The molecular weight excluding hydrogens is 1590 g/mol. The van der Waals surface area contributed by atoms with Crippen molar-refractivity contribution >= 4 is 65.2 Å². The molecule has 6 N–H and O–H groups in total. The van der Waals surface area contributed by atoms with Crippen LogP contribution in [0.2, 0.25) is 0 Å². The van der Waals surface area contributed by atoms with E-state index in [4.69, 9.17) is 58.4 Å². The number of pyridine rings is 2. The molecule has 0 saturated carbocycles. The molecule has 2 aromatic rings. The Morgan fingerprint density at radius 3 is 1.09 bits per heavy atom. The molecule has 652 valence electrons. The van der Waals surface area contributed by atoms with Gasteiger partial charge in [0, 0.05) is 150 Å². The van der Waals surface area contributed by atoms with Gasteiger partial charge in [0.2, 0.25) is 0 Å². The molecule has 0 radical (unpaired) electrons. The van der Waals surface area contributed by atoms with Gasteiger partial charge in [0.1, 0.15) is 24.7 Å². The summed E-state index contributed by atoms with van der Waals surface area (Å²) in [6.07, 6.45) is 21.5. The molecule has 12 aliphatic rings. The number of methoxy groups -OCH3 is 2. The van der Waals surface area contributed by atoms with Crippen LogP contribution in [0.3, 0.4) is 0 Å². The van der Waals surface area contributed by atoms with E-state index in [1.165, 1.54) is 22.3 Å². The van der Waals surface area contributed by atoms with Crippen molar-refractivity contribution in [1.82, 2.24) is 10.6 Å². The van der Waals surface area contributed by atoms with Crippen molar-refractivity contribution in [3.8, 4) is 0 Å². The number of carboxylic acid groups (broad SMARTS) is 2. The van der Waals surface area contributed by atoms with Crippen molar-refractivity contribution < 1.29 is 111 Å². The van der Waals surface area contributed by atoms with E-state index < -0.39 is 19.7 Å². The maximum absolute atomic E-state index is 12.0. The molecule has 0 spiro atoms. The summed E-state index contributed by atoms with van der Waals surface area (Å²) in [4.78, 5) is 55.7. The Labute approximate surface area is 708 Å². The van der Waals surface area contributed by atoms with Crippen molar-refractivity contribution in [3.05, 3.63) is 231 Å². The molecule has 14 rings (SSSR count).